The Morgan fingerprint density at radius 1 is 0.885 bits per heavy atom. The third-order valence-electron chi connectivity index (χ3n) is 4.51. The van der Waals surface area contributed by atoms with Crippen LogP contribution in [0.3, 0.4) is 0 Å². The number of alkyl halides is 3. The van der Waals surface area contributed by atoms with Crippen LogP contribution in [0.5, 0.6) is 0 Å². The lowest BCUT2D eigenvalue weighted by atomic mass is 10.1. The van der Waals surface area contributed by atoms with Gasteiger partial charge in [0.05, 0.1) is 10.5 Å². The highest BCUT2D eigenvalue weighted by Gasteiger charge is 2.39. The first-order chi connectivity index (χ1) is 12.2. The van der Waals surface area contributed by atoms with E-state index in [-0.39, 0.29) is 13.1 Å². The van der Waals surface area contributed by atoms with Gasteiger partial charge in [0.2, 0.25) is 10.0 Å². The minimum Gasteiger partial charge on any atom is -0.369 e. The predicted molar refractivity (Wildman–Crippen MR) is 93.6 cm³/mol. The number of benzene rings is 2. The van der Waals surface area contributed by atoms with Gasteiger partial charge in [-0.25, -0.2) is 8.42 Å². The molecule has 1 aliphatic rings. The van der Waals surface area contributed by atoms with Crippen LogP contribution in [-0.4, -0.2) is 38.9 Å². The van der Waals surface area contributed by atoms with E-state index >= 15 is 0 Å². The first-order valence-corrected chi connectivity index (χ1v) is 9.62. The maximum absolute atomic E-state index is 13.2. The van der Waals surface area contributed by atoms with Gasteiger partial charge in [0, 0.05) is 31.9 Å². The fraction of sp³-hybridized carbons (Fsp3) is 0.333. The molecule has 0 bridgehead atoms. The number of piperazine rings is 1. The van der Waals surface area contributed by atoms with Crippen molar-refractivity contribution in [1.82, 2.24) is 4.31 Å². The van der Waals surface area contributed by atoms with Crippen LogP contribution in [-0.2, 0) is 16.2 Å². The predicted octanol–water partition coefficient (Wildman–Crippen LogP) is 3.52. The average Bonchev–Trinajstić information content (AvgIpc) is 2.61. The van der Waals surface area contributed by atoms with Crippen LogP contribution in [0.25, 0.3) is 0 Å². The van der Waals surface area contributed by atoms with Crippen LogP contribution in [0.2, 0.25) is 0 Å². The molecule has 0 amide bonds. The van der Waals surface area contributed by atoms with Gasteiger partial charge in [0.25, 0.3) is 0 Å². The van der Waals surface area contributed by atoms with Crippen molar-refractivity contribution in [3.63, 3.8) is 0 Å². The zero-order chi connectivity index (χ0) is 18.9. The third-order valence-corrected chi connectivity index (χ3v) is 6.46. The van der Waals surface area contributed by atoms with E-state index < -0.39 is 26.7 Å². The van der Waals surface area contributed by atoms with Gasteiger partial charge in [0.1, 0.15) is 0 Å². The van der Waals surface area contributed by atoms with E-state index in [1.807, 2.05) is 31.2 Å². The molecule has 2 aromatic carbocycles. The molecule has 3 rings (SSSR count). The molecule has 1 fully saturated rings. The molecule has 2 aromatic rings. The molecule has 140 valence electrons. The first kappa shape index (κ1) is 18.7. The fourth-order valence-corrected chi connectivity index (χ4v) is 4.79. The Bertz CT molecular complexity index is 889. The van der Waals surface area contributed by atoms with Gasteiger partial charge < -0.3 is 4.90 Å². The molecule has 1 heterocycles. The highest BCUT2D eigenvalue weighted by Crippen LogP contribution is 2.35. The first-order valence-electron chi connectivity index (χ1n) is 8.18. The summed E-state index contributed by atoms with van der Waals surface area (Å²) in [5.74, 6) is 0. The van der Waals surface area contributed by atoms with E-state index in [0.717, 1.165) is 27.7 Å². The lowest BCUT2D eigenvalue weighted by Gasteiger charge is -2.36. The number of nitrogens with zero attached hydrogens (tertiary/aromatic N) is 2. The highest BCUT2D eigenvalue weighted by molar-refractivity contribution is 7.89. The van der Waals surface area contributed by atoms with Crippen molar-refractivity contribution in [2.75, 3.05) is 31.1 Å². The van der Waals surface area contributed by atoms with Gasteiger partial charge in [-0.05, 0) is 30.7 Å². The second kappa shape index (κ2) is 6.92. The summed E-state index contributed by atoms with van der Waals surface area (Å²) in [4.78, 5) is 1.37. The molecular weight excluding hydrogens is 365 g/mol. The summed E-state index contributed by atoms with van der Waals surface area (Å²) in [6.45, 7) is 3.11. The minimum absolute atomic E-state index is 0.142. The molecular formula is C18H19F3N2O2S. The summed E-state index contributed by atoms with van der Waals surface area (Å²) in [6, 6.07) is 12.1. The van der Waals surface area contributed by atoms with Crippen molar-refractivity contribution in [2.45, 2.75) is 18.0 Å². The maximum Gasteiger partial charge on any atom is 0.417 e. The van der Waals surface area contributed by atoms with E-state index in [0.29, 0.717) is 13.1 Å². The Balaban J connectivity index is 1.83. The smallest absolute Gasteiger partial charge is 0.369 e. The molecule has 0 atom stereocenters. The lowest BCUT2D eigenvalue weighted by molar-refractivity contribution is -0.139. The minimum atomic E-state index is -4.72. The SMILES string of the molecule is Cc1ccccc1N1CCN(S(=O)(=O)c2ccccc2C(F)(F)F)CC1. The number of sulfonamides is 1. The molecule has 8 heteroatoms. The van der Waals surface area contributed by atoms with Crippen molar-refractivity contribution >= 4 is 15.7 Å². The molecule has 26 heavy (non-hydrogen) atoms. The van der Waals surface area contributed by atoms with Crippen molar-refractivity contribution in [3.05, 3.63) is 59.7 Å². The standard InChI is InChI=1S/C18H19F3N2O2S/c1-14-6-2-4-8-16(14)22-10-12-23(13-11-22)26(24,25)17-9-5-3-7-15(17)18(19,20)21/h2-9H,10-13H2,1H3. The fourth-order valence-electron chi connectivity index (χ4n) is 3.15. The third kappa shape index (κ3) is 3.57. The van der Waals surface area contributed by atoms with E-state index in [1.54, 1.807) is 0 Å². The maximum atomic E-state index is 13.2. The van der Waals surface area contributed by atoms with E-state index in [9.17, 15) is 21.6 Å². The number of rotatable bonds is 3. The largest absolute Gasteiger partial charge is 0.417 e. The lowest BCUT2D eigenvalue weighted by Crippen LogP contribution is -2.49. The van der Waals surface area contributed by atoms with E-state index in [1.165, 1.54) is 12.1 Å². The molecule has 0 aromatic heterocycles. The molecule has 0 unspecified atom stereocenters. The van der Waals surface area contributed by atoms with Gasteiger partial charge in [0.15, 0.2) is 0 Å². The van der Waals surface area contributed by atoms with Crippen LogP contribution in [0.4, 0.5) is 18.9 Å². The molecule has 1 saturated heterocycles. The second-order valence-corrected chi connectivity index (χ2v) is 8.08. The van der Waals surface area contributed by atoms with Crippen molar-refractivity contribution in [3.8, 4) is 0 Å². The molecule has 0 saturated carbocycles. The van der Waals surface area contributed by atoms with E-state index in [4.69, 9.17) is 0 Å². The molecule has 0 radical (unpaired) electrons. The van der Waals surface area contributed by atoms with Crippen LogP contribution >= 0.6 is 0 Å². The van der Waals surface area contributed by atoms with Crippen molar-refractivity contribution in [2.24, 2.45) is 0 Å². The molecule has 0 spiro atoms. The number of halogens is 3. The van der Waals surface area contributed by atoms with Crippen LogP contribution in [0, 0.1) is 6.92 Å². The summed E-state index contributed by atoms with van der Waals surface area (Å²) in [7, 11) is -4.20. The van der Waals surface area contributed by atoms with Gasteiger partial charge in [-0.1, -0.05) is 30.3 Å². The topological polar surface area (TPSA) is 40.6 Å². The Labute approximate surface area is 150 Å². The van der Waals surface area contributed by atoms with Crippen molar-refractivity contribution in [1.29, 1.82) is 0 Å². The van der Waals surface area contributed by atoms with Gasteiger partial charge in [-0.2, -0.15) is 17.5 Å². The average molecular weight is 384 g/mol. The van der Waals surface area contributed by atoms with Crippen LogP contribution < -0.4 is 4.90 Å². The molecule has 1 aliphatic heterocycles. The summed E-state index contributed by atoms with van der Waals surface area (Å²) < 4.78 is 66.2. The Hall–Kier alpha value is -2.06. The quantitative estimate of drug-likeness (QED) is 0.813. The molecule has 0 N–H and O–H groups in total. The van der Waals surface area contributed by atoms with E-state index in [2.05, 4.69) is 4.90 Å². The molecule has 0 aliphatic carbocycles. The molecule has 4 nitrogen and oxygen atoms in total. The van der Waals surface area contributed by atoms with Gasteiger partial charge in [-0.15, -0.1) is 0 Å². The monoisotopic (exact) mass is 384 g/mol. The van der Waals surface area contributed by atoms with Crippen LogP contribution in [0.15, 0.2) is 53.4 Å². The summed E-state index contributed by atoms with van der Waals surface area (Å²) in [5.41, 5.74) is 0.966. The van der Waals surface area contributed by atoms with Gasteiger partial charge >= 0.3 is 6.18 Å². The number of aryl methyl sites for hydroxylation is 1. The summed E-state index contributed by atoms with van der Waals surface area (Å²) in [5, 5.41) is 0. The summed E-state index contributed by atoms with van der Waals surface area (Å²) >= 11 is 0. The van der Waals surface area contributed by atoms with Crippen molar-refractivity contribution < 1.29 is 21.6 Å². The normalized spacial score (nSPS) is 16.7. The number of anilines is 1. The second-order valence-electron chi connectivity index (χ2n) is 6.17. The summed E-state index contributed by atoms with van der Waals surface area (Å²) in [6.07, 6.45) is -4.72. The zero-order valence-electron chi connectivity index (χ0n) is 14.2. The van der Waals surface area contributed by atoms with Gasteiger partial charge in [-0.3, -0.25) is 0 Å². The zero-order valence-corrected chi connectivity index (χ0v) is 15.0. The highest BCUT2D eigenvalue weighted by atomic mass is 32.2. The Kier molecular flexibility index (Phi) is 4.98. The van der Waals surface area contributed by atoms with Crippen LogP contribution in [0.1, 0.15) is 11.1 Å². The Morgan fingerprint density at radius 2 is 1.46 bits per heavy atom. The number of hydrogen-bond donors (Lipinski definition) is 0. The Morgan fingerprint density at radius 3 is 2.08 bits per heavy atom. The number of hydrogen-bond acceptors (Lipinski definition) is 3. The number of para-hydroxylation sites is 1.